The highest BCUT2D eigenvalue weighted by Crippen LogP contribution is 2.23. The van der Waals surface area contributed by atoms with Crippen LogP contribution in [0.1, 0.15) is 18.5 Å². The molecule has 0 aliphatic carbocycles. The summed E-state index contributed by atoms with van der Waals surface area (Å²) in [6.07, 6.45) is 5.14. The SMILES string of the molecule is C#CCN(CC(=O)O)C(C)c1cccc(F)c1F. The molecule has 0 fully saturated rings. The molecule has 0 aromatic heterocycles. The lowest BCUT2D eigenvalue weighted by Crippen LogP contribution is -2.33. The molecule has 0 heterocycles. The van der Waals surface area contributed by atoms with Gasteiger partial charge in [-0.1, -0.05) is 18.1 Å². The van der Waals surface area contributed by atoms with Crippen LogP contribution in [0.4, 0.5) is 8.78 Å². The molecule has 18 heavy (non-hydrogen) atoms. The maximum absolute atomic E-state index is 13.6. The topological polar surface area (TPSA) is 40.5 Å². The van der Waals surface area contributed by atoms with Gasteiger partial charge in [0.15, 0.2) is 11.6 Å². The van der Waals surface area contributed by atoms with E-state index in [2.05, 4.69) is 5.92 Å². The molecule has 0 spiro atoms. The van der Waals surface area contributed by atoms with Gasteiger partial charge in [0, 0.05) is 11.6 Å². The zero-order chi connectivity index (χ0) is 13.7. The van der Waals surface area contributed by atoms with E-state index in [1.807, 2.05) is 0 Å². The van der Waals surface area contributed by atoms with Crippen molar-refractivity contribution in [1.29, 1.82) is 0 Å². The second kappa shape index (κ2) is 6.12. The molecule has 0 amide bonds. The van der Waals surface area contributed by atoms with Gasteiger partial charge in [0.25, 0.3) is 0 Å². The van der Waals surface area contributed by atoms with Gasteiger partial charge >= 0.3 is 5.97 Å². The Morgan fingerprint density at radius 2 is 2.22 bits per heavy atom. The molecular formula is C13H13F2NO2. The van der Waals surface area contributed by atoms with Gasteiger partial charge < -0.3 is 5.11 Å². The van der Waals surface area contributed by atoms with Crippen LogP contribution in [-0.2, 0) is 4.79 Å². The Morgan fingerprint density at radius 1 is 1.56 bits per heavy atom. The Hall–Kier alpha value is -1.93. The lowest BCUT2D eigenvalue weighted by Gasteiger charge is -2.26. The van der Waals surface area contributed by atoms with E-state index in [0.29, 0.717) is 0 Å². The van der Waals surface area contributed by atoms with Crippen molar-refractivity contribution >= 4 is 5.97 Å². The molecule has 0 bridgehead atoms. The fourth-order valence-corrected chi connectivity index (χ4v) is 1.66. The monoisotopic (exact) mass is 253 g/mol. The molecule has 1 atom stereocenters. The summed E-state index contributed by atoms with van der Waals surface area (Å²) in [4.78, 5) is 12.1. The molecule has 0 aliphatic rings. The number of terminal acetylenes is 1. The highest BCUT2D eigenvalue weighted by atomic mass is 19.2. The van der Waals surface area contributed by atoms with Crippen molar-refractivity contribution < 1.29 is 18.7 Å². The van der Waals surface area contributed by atoms with Crippen molar-refractivity contribution in [3.63, 3.8) is 0 Å². The van der Waals surface area contributed by atoms with E-state index in [-0.39, 0.29) is 18.7 Å². The summed E-state index contributed by atoms with van der Waals surface area (Å²) in [7, 11) is 0. The van der Waals surface area contributed by atoms with Crippen LogP contribution in [0.25, 0.3) is 0 Å². The third-order valence-electron chi connectivity index (χ3n) is 2.61. The molecule has 96 valence electrons. The van der Waals surface area contributed by atoms with Gasteiger partial charge in [0.05, 0.1) is 13.1 Å². The maximum atomic E-state index is 13.6. The first-order chi connectivity index (χ1) is 8.47. The smallest absolute Gasteiger partial charge is 0.317 e. The minimum atomic E-state index is -1.08. The van der Waals surface area contributed by atoms with Gasteiger partial charge in [-0.2, -0.15) is 0 Å². The predicted molar refractivity (Wildman–Crippen MR) is 62.8 cm³/mol. The fourth-order valence-electron chi connectivity index (χ4n) is 1.66. The highest BCUT2D eigenvalue weighted by molar-refractivity contribution is 5.69. The second-order valence-corrected chi connectivity index (χ2v) is 3.82. The van der Waals surface area contributed by atoms with E-state index < -0.39 is 23.6 Å². The third-order valence-corrected chi connectivity index (χ3v) is 2.61. The molecule has 0 saturated heterocycles. The number of carboxylic acid groups (broad SMARTS) is 1. The quantitative estimate of drug-likeness (QED) is 0.816. The van der Waals surface area contributed by atoms with Crippen molar-refractivity contribution in [2.45, 2.75) is 13.0 Å². The molecule has 5 heteroatoms. The molecule has 3 nitrogen and oxygen atoms in total. The van der Waals surface area contributed by atoms with E-state index in [9.17, 15) is 13.6 Å². The Bertz CT molecular complexity index is 482. The molecule has 1 unspecified atom stereocenters. The van der Waals surface area contributed by atoms with E-state index in [1.165, 1.54) is 17.0 Å². The summed E-state index contributed by atoms with van der Waals surface area (Å²) in [6.45, 7) is 1.29. The number of carboxylic acids is 1. The number of carbonyl (C=O) groups is 1. The molecule has 0 saturated carbocycles. The first kappa shape index (κ1) is 14.1. The number of halogens is 2. The average Bonchev–Trinajstić information content (AvgIpc) is 2.31. The van der Waals surface area contributed by atoms with Crippen LogP contribution < -0.4 is 0 Å². The summed E-state index contributed by atoms with van der Waals surface area (Å²) in [5.74, 6) is -0.708. The van der Waals surface area contributed by atoms with E-state index >= 15 is 0 Å². The Balaban J connectivity index is 3.02. The fraction of sp³-hybridized carbons (Fsp3) is 0.308. The van der Waals surface area contributed by atoms with Crippen LogP contribution in [0.15, 0.2) is 18.2 Å². The van der Waals surface area contributed by atoms with Crippen molar-refractivity contribution in [3.05, 3.63) is 35.4 Å². The zero-order valence-electron chi connectivity index (χ0n) is 9.86. The average molecular weight is 253 g/mol. The highest BCUT2D eigenvalue weighted by Gasteiger charge is 2.21. The lowest BCUT2D eigenvalue weighted by atomic mass is 10.1. The molecule has 1 N–H and O–H groups in total. The van der Waals surface area contributed by atoms with Crippen molar-refractivity contribution in [3.8, 4) is 12.3 Å². The first-order valence-corrected chi connectivity index (χ1v) is 5.30. The zero-order valence-corrected chi connectivity index (χ0v) is 9.86. The standard InChI is InChI=1S/C13H13F2NO2/c1-3-7-16(8-12(17)18)9(2)10-5-4-6-11(14)13(10)15/h1,4-6,9H,7-8H2,2H3,(H,17,18). The summed E-state index contributed by atoms with van der Waals surface area (Å²) in [5.41, 5.74) is 0.0894. The molecule has 0 radical (unpaired) electrons. The van der Waals surface area contributed by atoms with Crippen molar-refractivity contribution in [2.24, 2.45) is 0 Å². The third kappa shape index (κ3) is 3.28. The largest absolute Gasteiger partial charge is 0.480 e. The number of nitrogens with zero attached hydrogens (tertiary/aromatic N) is 1. The summed E-state index contributed by atoms with van der Waals surface area (Å²) in [6, 6.07) is 3.18. The Morgan fingerprint density at radius 3 is 2.78 bits per heavy atom. The van der Waals surface area contributed by atoms with E-state index in [4.69, 9.17) is 11.5 Å². The molecule has 1 aromatic rings. The first-order valence-electron chi connectivity index (χ1n) is 5.30. The predicted octanol–water partition coefficient (Wildman–Crippen LogP) is 2.05. The van der Waals surface area contributed by atoms with Crippen LogP contribution in [0.3, 0.4) is 0 Å². The van der Waals surface area contributed by atoms with Crippen LogP contribution >= 0.6 is 0 Å². The van der Waals surface area contributed by atoms with E-state index in [1.54, 1.807) is 6.92 Å². The lowest BCUT2D eigenvalue weighted by molar-refractivity contribution is -0.138. The second-order valence-electron chi connectivity index (χ2n) is 3.82. The van der Waals surface area contributed by atoms with Gasteiger partial charge in [-0.25, -0.2) is 8.78 Å². The van der Waals surface area contributed by atoms with Crippen LogP contribution in [0.2, 0.25) is 0 Å². The van der Waals surface area contributed by atoms with Crippen LogP contribution in [0.5, 0.6) is 0 Å². The summed E-state index contributed by atoms with van der Waals surface area (Å²) in [5, 5.41) is 8.75. The minimum absolute atomic E-state index is 0.0451. The van der Waals surface area contributed by atoms with Gasteiger partial charge in [-0.15, -0.1) is 6.42 Å². The maximum Gasteiger partial charge on any atom is 0.317 e. The molecule has 0 aliphatic heterocycles. The van der Waals surface area contributed by atoms with Gasteiger partial charge in [0.2, 0.25) is 0 Å². The minimum Gasteiger partial charge on any atom is -0.480 e. The van der Waals surface area contributed by atoms with Crippen molar-refractivity contribution in [1.82, 2.24) is 4.90 Å². The molecular weight excluding hydrogens is 240 g/mol. The van der Waals surface area contributed by atoms with Gasteiger partial charge in [-0.05, 0) is 13.0 Å². The molecule has 1 rings (SSSR count). The number of hydrogen-bond acceptors (Lipinski definition) is 2. The number of aliphatic carboxylic acids is 1. The normalized spacial score (nSPS) is 12.2. The number of hydrogen-bond donors (Lipinski definition) is 1. The summed E-state index contributed by atoms with van der Waals surface area (Å²) < 4.78 is 26.7. The van der Waals surface area contributed by atoms with Crippen molar-refractivity contribution in [2.75, 3.05) is 13.1 Å². The Kier molecular flexibility index (Phi) is 4.81. The van der Waals surface area contributed by atoms with Crippen LogP contribution in [-0.4, -0.2) is 29.1 Å². The number of benzene rings is 1. The Labute approximate surface area is 104 Å². The molecule has 1 aromatic carbocycles. The van der Waals surface area contributed by atoms with Crippen LogP contribution in [0, 0.1) is 24.0 Å². The van der Waals surface area contributed by atoms with E-state index in [0.717, 1.165) is 6.07 Å². The van der Waals surface area contributed by atoms with Gasteiger partial charge in [0.1, 0.15) is 0 Å². The van der Waals surface area contributed by atoms with Gasteiger partial charge in [-0.3, -0.25) is 9.69 Å². The number of rotatable bonds is 5. The summed E-state index contributed by atoms with van der Waals surface area (Å²) >= 11 is 0.